The minimum absolute atomic E-state index is 0.115. The number of benzene rings is 1. The third kappa shape index (κ3) is 8.62. The first-order valence-corrected chi connectivity index (χ1v) is 4.48. The minimum Gasteiger partial charge on any atom is -0.479 e. The first-order valence-electron chi connectivity index (χ1n) is 4.15. The summed E-state index contributed by atoms with van der Waals surface area (Å²) in [5.41, 5.74) is 0. The van der Waals surface area contributed by atoms with Gasteiger partial charge in [-0.25, -0.2) is 0 Å². The molecule has 14 heavy (non-hydrogen) atoms. The lowest BCUT2D eigenvalue weighted by Crippen LogP contribution is -1.91. The van der Waals surface area contributed by atoms with Crippen molar-refractivity contribution in [2.75, 3.05) is 6.61 Å². The Morgan fingerprint density at radius 1 is 1.29 bits per heavy atom. The Labute approximate surface area is 89.8 Å². The lowest BCUT2D eigenvalue weighted by Gasteiger charge is -1.97. The van der Waals surface area contributed by atoms with Crippen LogP contribution in [-0.2, 0) is 12.5 Å². The van der Waals surface area contributed by atoms with E-state index in [1.165, 1.54) is 0 Å². The summed E-state index contributed by atoms with van der Waals surface area (Å²) in [4.78, 5) is 0. The maximum Gasteiger partial charge on any atom is 0.197 e. The second-order valence-corrected chi connectivity index (χ2v) is 1.76. The van der Waals surface area contributed by atoms with Gasteiger partial charge in [0.2, 0.25) is 0 Å². The molecule has 0 bridgehead atoms. The Morgan fingerprint density at radius 2 is 1.79 bits per heavy atom. The highest BCUT2D eigenvalue weighted by molar-refractivity contribution is 7.44. The molecule has 0 N–H and O–H groups in total. The molecule has 0 aliphatic carbocycles. The average molecular weight is 211 g/mol. The molecule has 1 rings (SSSR count). The second-order valence-electron chi connectivity index (χ2n) is 1.76. The van der Waals surface area contributed by atoms with E-state index in [-0.39, 0.29) is 6.61 Å². The van der Waals surface area contributed by atoms with Gasteiger partial charge < -0.3 is 4.74 Å². The topological polar surface area (TPSA) is 50.1 Å². The predicted molar refractivity (Wildman–Crippen MR) is 57.0 cm³/mol. The summed E-state index contributed by atoms with van der Waals surface area (Å²) in [5.74, 6) is 0.740. The van der Waals surface area contributed by atoms with Gasteiger partial charge in [-0.3, -0.25) is 0 Å². The van der Waals surface area contributed by atoms with Crippen molar-refractivity contribution in [1.82, 2.24) is 0 Å². The Bertz CT molecular complexity index is 246. The quantitative estimate of drug-likeness (QED) is 0.753. The van der Waals surface area contributed by atoms with Crippen LogP contribution in [0.5, 0.6) is 5.75 Å². The Morgan fingerprint density at radius 3 is 2.21 bits per heavy atom. The summed E-state index contributed by atoms with van der Waals surface area (Å²) in [5, 5.41) is 8.15. The number of para-hydroxylation sites is 1. The normalized spacial score (nSPS) is 6.64. The molecule has 1 aromatic rings. The van der Waals surface area contributed by atoms with E-state index in [0.29, 0.717) is 0 Å². The van der Waals surface area contributed by atoms with Crippen LogP contribution < -0.4 is 4.74 Å². The summed E-state index contributed by atoms with van der Waals surface area (Å²) in [7, 11) is 0. The van der Waals surface area contributed by atoms with Crippen LogP contribution in [0.25, 0.3) is 0 Å². The van der Waals surface area contributed by atoms with Gasteiger partial charge in [0.15, 0.2) is 19.1 Å². The standard InChI is InChI=1S/C8H7NO.C2H6.OS/c9-6-7-10-8-4-2-1-3-5-8;2*1-2/h1-5H,7H2;1-2H3;. The van der Waals surface area contributed by atoms with Crippen LogP contribution in [0.3, 0.4) is 0 Å². The zero-order valence-corrected chi connectivity index (χ0v) is 9.08. The van der Waals surface area contributed by atoms with Gasteiger partial charge in [-0.2, -0.15) is 9.47 Å². The van der Waals surface area contributed by atoms with Crippen LogP contribution in [0.1, 0.15) is 13.8 Å². The van der Waals surface area contributed by atoms with E-state index in [1.54, 1.807) is 0 Å². The van der Waals surface area contributed by atoms with Crippen molar-refractivity contribution in [2.45, 2.75) is 13.8 Å². The first-order chi connectivity index (χ1) is 6.93. The van der Waals surface area contributed by atoms with E-state index in [9.17, 15) is 0 Å². The lowest BCUT2D eigenvalue weighted by molar-refractivity contribution is 0.368. The van der Waals surface area contributed by atoms with Crippen molar-refractivity contribution < 1.29 is 8.95 Å². The van der Waals surface area contributed by atoms with E-state index >= 15 is 0 Å². The third-order valence-electron chi connectivity index (χ3n) is 1.05. The molecule has 4 heteroatoms. The van der Waals surface area contributed by atoms with Gasteiger partial charge in [-0.15, -0.1) is 0 Å². The van der Waals surface area contributed by atoms with Crippen LogP contribution in [0, 0.1) is 11.3 Å². The molecular formula is C10H13NO2S. The number of ether oxygens (including phenoxy) is 1. The Kier molecular flexibility index (Phi) is 15.1. The molecule has 0 atom stereocenters. The zero-order chi connectivity index (χ0) is 11.2. The molecule has 3 nitrogen and oxygen atoms in total. The second kappa shape index (κ2) is 14.1. The molecule has 0 unspecified atom stereocenters. The SMILES string of the molecule is CC.N#CCOc1ccccc1.O=S. The average Bonchev–Trinajstić information content (AvgIpc) is 2.33. The van der Waals surface area contributed by atoms with Crippen molar-refractivity contribution in [2.24, 2.45) is 0 Å². The fourth-order valence-corrected chi connectivity index (χ4v) is 0.632. The summed E-state index contributed by atoms with van der Waals surface area (Å²) < 4.78 is 12.8. The van der Waals surface area contributed by atoms with Gasteiger partial charge in [-0.1, -0.05) is 32.0 Å². The van der Waals surface area contributed by atoms with E-state index in [4.69, 9.17) is 14.2 Å². The van der Waals surface area contributed by atoms with Crippen molar-refractivity contribution >= 4 is 12.5 Å². The summed E-state index contributed by atoms with van der Waals surface area (Å²) >= 11 is 2.83. The maximum atomic E-state index is 8.15. The number of rotatable bonds is 2. The summed E-state index contributed by atoms with van der Waals surface area (Å²) in [6, 6.07) is 11.2. The highest BCUT2D eigenvalue weighted by Gasteiger charge is 1.86. The maximum absolute atomic E-state index is 8.15. The van der Waals surface area contributed by atoms with Crippen LogP contribution in [0.4, 0.5) is 0 Å². The molecule has 0 saturated carbocycles. The smallest absolute Gasteiger partial charge is 0.197 e. The molecule has 0 radical (unpaired) electrons. The van der Waals surface area contributed by atoms with Gasteiger partial charge in [0.1, 0.15) is 11.8 Å². The summed E-state index contributed by atoms with van der Waals surface area (Å²) in [6.45, 7) is 4.12. The minimum atomic E-state index is 0.115. The van der Waals surface area contributed by atoms with Gasteiger partial charge in [0, 0.05) is 0 Å². The highest BCUT2D eigenvalue weighted by atomic mass is 32.1. The van der Waals surface area contributed by atoms with Crippen LogP contribution in [-0.4, -0.2) is 10.8 Å². The van der Waals surface area contributed by atoms with Crippen molar-refractivity contribution in [3.8, 4) is 11.8 Å². The van der Waals surface area contributed by atoms with Crippen molar-refractivity contribution in [3.05, 3.63) is 30.3 Å². The fraction of sp³-hybridized carbons (Fsp3) is 0.300. The van der Waals surface area contributed by atoms with Crippen LogP contribution >= 0.6 is 0 Å². The molecule has 1 aromatic carbocycles. The number of hydrogen-bond acceptors (Lipinski definition) is 4. The van der Waals surface area contributed by atoms with Crippen LogP contribution in [0.2, 0.25) is 0 Å². The first kappa shape index (κ1) is 15.0. The van der Waals surface area contributed by atoms with E-state index in [2.05, 4.69) is 12.5 Å². The lowest BCUT2D eigenvalue weighted by atomic mass is 10.3. The molecule has 0 fully saturated rings. The molecule has 0 aromatic heterocycles. The van der Waals surface area contributed by atoms with Gasteiger partial charge in [0.25, 0.3) is 0 Å². The molecule has 0 aliphatic rings. The molecule has 0 saturated heterocycles. The van der Waals surface area contributed by atoms with Crippen molar-refractivity contribution in [3.63, 3.8) is 0 Å². The van der Waals surface area contributed by atoms with E-state index < -0.39 is 0 Å². The number of nitrogens with zero attached hydrogens (tertiary/aromatic N) is 1. The summed E-state index contributed by atoms with van der Waals surface area (Å²) in [6.07, 6.45) is 0. The molecule has 0 heterocycles. The third-order valence-corrected chi connectivity index (χ3v) is 1.05. The molecule has 0 amide bonds. The molecule has 76 valence electrons. The van der Waals surface area contributed by atoms with Gasteiger partial charge in [-0.05, 0) is 12.1 Å². The number of nitriles is 1. The highest BCUT2D eigenvalue weighted by Crippen LogP contribution is 2.06. The number of hydrogen-bond donors (Lipinski definition) is 0. The zero-order valence-electron chi connectivity index (χ0n) is 8.27. The van der Waals surface area contributed by atoms with Crippen molar-refractivity contribution in [1.29, 1.82) is 5.26 Å². The fourth-order valence-electron chi connectivity index (χ4n) is 0.632. The largest absolute Gasteiger partial charge is 0.479 e. The monoisotopic (exact) mass is 211 g/mol. The van der Waals surface area contributed by atoms with Gasteiger partial charge >= 0.3 is 0 Å². The van der Waals surface area contributed by atoms with Crippen LogP contribution in [0.15, 0.2) is 30.3 Å². The predicted octanol–water partition coefficient (Wildman–Crippen LogP) is 2.28. The molecule has 0 aliphatic heterocycles. The Hall–Kier alpha value is -1.47. The van der Waals surface area contributed by atoms with E-state index in [1.807, 2.05) is 50.2 Å². The van der Waals surface area contributed by atoms with Gasteiger partial charge in [0.05, 0.1) is 0 Å². The van der Waals surface area contributed by atoms with E-state index in [0.717, 1.165) is 5.75 Å². The molecular weight excluding hydrogens is 198 g/mol. The molecule has 0 spiro atoms. The Balaban J connectivity index is 0.